The predicted octanol–water partition coefficient (Wildman–Crippen LogP) is 4.32. The Balaban J connectivity index is 1.89. The van der Waals surface area contributed by atoms with Crippen LogP contribution in [-0.2, 0) is 10.0 Å². The minimum absolute atomic E-state index is 0.0804. The minimum Gasteiger partial charge on any atom is -0.495 e. The largest absolute Gasteiger partial charge is 0.495 e. The molecule has 2 N–H and O–H groups in total. The average molecular weight is 474 g/mol. The van der Waals surface area contributed by atoms with Crippen molar-refractivity contribution in [3.63, 3.8) is 0 Å². The molecule has 164 valence electrons. The summed E-state index contributed by atoms with van der Waals surface area (Å²) in [4.78, 5) is 2.35. The van der Waals surface area contributed by atoms with Gasteiger partial charge < -0.3 is 19.7 Å². The second kappa shape index (κ2) is 9.51. The molecule has 1 aliphatic heterocycles. The van der Waals surface area contributed by atoms with E-state index in [1.807, 2.05) is 0 Å². The Morgan fingerprint density at radius 2 is 1.73 bits per heavy atom. The molecule has 7 nitrogen and oxygen atoms in total. The van der Waals surface area contributed by atoms with Gasteiger partial charge in [0, 0.05) is 11.1 Å². The summed E-state index contributed by atoms with van der Waals surface area (Å²) in [6, 6.07) is 7.86. The Kier molecular flexibility index (Phi) is 7.23. The Morgan fingerprint density at radius 1 is 1.03 bits per heavy atom. The zero-order chi connectivity index (χ0) is 21.9. The summed E-state index contributed by atoms with van der Waals surface area (Å²) in [5.74, 6) is 0.777. The van der Waals surface area contributed by atoms with E-state index in [-0.39, 0.29) is 32.4 Å². The smallest absolute Gasteiger partial charge is 0.262 e. The number of hydrogen-bond acceptors (Lipinski definition) is 6. The lowest BCUT2D eigenvalue weighted by molar-refractivity contribution is 0.263. The van der Waals surface area contributed by atoms with Crippen LogP contribution in [0.5, 0.6) is 11.5 Å². The molecule has 10 heteroatoms. The maximum atomic E-state index is 13.1. The van der Waals surface area contributed by atoms with Crippen molar-refractivity contribution in [2.75, 3.05) is 44.4 Å². The number of piperidine rings is 1. The maximum Gasteiger partial charge on any atom is 0.262 e. The minimum atomic E-state index is -3.93. The Hall–Kier alpha value is -1.87. The van der Waals surface area contributed by atoms with E-state index in [0.717, 1.165) is 25.9 Å². The molecule has 0 atom stereocenters. The molecule has 0 bridgehead atoms. The van der Waals surface area contributed by atoms with Gasteiger partial charge in [-0.15, -0.1) is 0 Å². The standard InChI is InChI=1S/C20H25Cl2N3O4S/c1-25-8-6-14(7-9-25)23-17-12-15(4-5-19(17)28-2)30(26,27)24-18-11-13(21)10-16(22)20(18)29-3/h4-5,10-12,14,23-24H,6-9H2,1-3H3. The molecule has 0 saturated carbocycles. The van der Waals surface area contributed by atoms with Crippen molar-refractivity contribution in [1.82, 2.24) is 4.90 Å². The molecule has 0 spiro atoms. The van der Waals surface area contributed by atoms with Crippen molar-refractivity contribution >= 4 is 44.6 Å². The third kappa shape index (κ3) is 5.24. The number of sulfonamides is 1. The summed E-state index contributed by atoms with van der Waals surface area (Å²) >= 11 is 12.2. The van der Waals surface area contributed by atoms with Crippen LogP contribution in [0.4, 0.5) is 11.4 Å². The van der Waals surface area contributed by atoms with Crippen molar-refractivity contribution < 1.29 is 17.9 Å². The van der Waals surface area contributed by atoms with Crippen molar-refractivity contribution in [3.05, 3.63) is 40.4 Å². The third-order valence-corrected chi connectivity index (χ3v) is 6.88. The van der Waals surface area contributed by atoms with Gasteiger partial charge in [-0.25, -0.2) is 8.42 Å². The van der Waals surface area contributed by atoms with E-state index in [1.165, 1.54) is 25.3 Å². The van der Waals surface area contributed by atoms with Crippen LogP contribution < -0.4 is 19.5 Å². The molecule has 1 aliphatic rings. The normalized spacial score (nSPS) is 15.6. The van der Waals surface area contributed by atoms with Gasteiger partial charge in [0.2, 0.25) is 0 Å². The Bertz CT molecular complexity index is 1010. The number of nitrogens with one attached hydrogen (secondary N) is 2. The molecule has 1 heterocycles. The van der Waals surface area contributed by atoms with Crippen LogP contribution in [0.25, 0.3) is 0 Å². The molecular weight excluding hydrogens is 449 g/mol. The first-order chi connectivity index (χ1) is 14.2. The fourth-order valence-electron chi connectivity index (χ4n) is 3.39. The van der Waals surface area contributed by atoms with Crippen molar-refractivity contribution in [3.8, 4) is 11.5 Å². The fourth-order valence-corrected chi connectivity index (χ4v) is 5.04. The molecule has 0 radical (unpaired) electrons. The second-order valence-corrected chi connectivity index (χ2v) is 9.68. The highest BCUT2D eigenvalue weighted by Gasteiger charge is 2.22. The maximum absolute atomic E-state index is 13.1. The monoisotopic (exact) mass is 473 g/mol. The first kappa shape index (κ1) is 22.8. The number of benzene rings is 2. The highest BCUT2D eigenvalue weighted by Crippen LogP contribution is 2.38. The van der Waals surface area contributed by atoms with Crippen LogP contribution >= 0.6 is 23.2 Å². The highest BCUT2D eigenvalue weighted by atomic mass is 35.5. The summed E-state index contributed by atoms with van der Waals surface area (Å²) in [5, 5.41) is 3.93. The number of methoxy groups -OCH3 is 2. The van der Waals surface area contributed by atoms with Gasteiger partial charge in [-0.1, -0.05) is 23.2 Å². The van der Waals surface area contributed by atoms with E-state index in [1.54, 1.807) is 19.2 Å². The van der Waals surface area contributed by atoms with Gasteiger partial charge in [0.05, 0.1) is 35.5 Å². The molecule has 1 saturated heterocycles. The molecule has 0 aromatic heterocycles. The van der Waals surface area contributed by atoms with Crippen LogP contribution in [0.1, 0.15) is 12.8 Å². The van der Waals surface area contributed by atoms with Gasteiger partial charge >= 0.3 is 0 Å². The average Bonchev–Trinajstić information content (AvgIpc) is 2.69. The van der Waals surface area contributed by atoms with Crippen LogP contribution in [0.3, 0.4) is 0 Å². The van der Waals surface area contributed by atoms with Crippen LogP contribution in [-0.4, -0.2) is 53.7 Å². The number of nitrogens with zero attached hydrogens (tertiary/aromatic N) is 1. The van der Waals surface area contributed by atoms with E-state index in [9.17, 15) is 8.42 Å². The molecule has 3 rings (SSSR count). The zero-order valence-corrected chi connectivity index (χ0v) is 19.4. The highest BCUT2D eigenvalue weighted by molar-refractivity contribution is 7.92. The molecular formula is C20H25Cl2N3O4S. The number of rotatable bonds is 7. The summed E-state index contributed by atoms with van der Waals surface area (Å²) in [6.07, 6.45) is 1.93. The van der Waals surface area contributed by atoms with Crippen LogP contribution in [0, 0.1) is 0 Å². The zero-order valence-electron chi connectivity index (χ0n) is 17.0. The SMILES string of the molecule is COc1ccc(S(=O)(=O)Nc2cc(Cl)cc(Cl)c2OC)cc1NC1CCN(C)CC1. The summed E-state index contributed by atoms with van der Waals surface area (Å²) in [5.41, 5.74) is 0.793. The number of ether oxygens (including phenoxy) is 2. The van der Waals surface area contributed by atoms with E-state index in [0.29, 0.717) is 11.4 Å². The summed E-state index contributed by atoms with van der Waals surface area (Å²) in [7, 11) is 1.12. The number of likely N-dealkylation sites (tertiary alicyclic amines) is 1. The topological polar surface area (TPSA) is 79.9 Å². The van der Waals surface area contributed by atoms with E-state index in [4.69, 9.17) is 32.7 Å². The first-order valence-corrected chi connectivity index (χ1v) is 11.7. The van der Waals surface area contributed by atoms with E-state index < -0.39 is 10.0 Å². The Labute approximate surface area is 187 Å². The lowest BCUT2D eigenvalue weighted by Crippen LogP contribution is -2.36. The molecule has 1 fully saturated rings. The second-order valence-electron chi connectivity index (χ2n) is 7.16. The Morgan fingerprint density at radius 3 is 2.37 bits per heavy atom. The van der Waals surface area contributed by atoms with Gasteiger partial charge in [-0.2, -0.15) is 0 Å². The molecule has 0 unspecified atom stereocenters. The van der Waals surface area contributed by atoms with Gasteiger partial charge in [-0.3, -0.25) is 4.72 Å². The van der Waals surface area contributed by atoms with Crippen molar-refractivity contribution in [2.45, 2.75) is 23.8 Å². The van der Waals surface area contributed by atoms with Gasteiger partial charge in [0.1, 0.15) is 5.75 Å². The molecule has 2 aromatic carbocycles. The van der Waals surface area contributed by atoms with E-state index in [2.05, 4.69) is 22.0 Å². The molecule has 30 heavy (non-hydrogen) atoms. The first-order valence-electron chi connectivity index (χ1n) is 9.42. The summed E-state index contributed by atoms with van der Waals surface area (Å²) in [6.45, 7) is 1.96. The van der Waals surface area contributed by atoms with Gasteiger partial charge in [0.15, 0.2) is 5.75 Å². The number of hydrogen-bond donors (Lipinski definition) is 2. The predicted molar refractivity (Wildman–Crippen MR) is 121 cm³/mol. The lowest BCUT2D eigenvalue weighted by Gasteiger charge is -2.30. The third-order valence-electron chi connectivity index (χ3n) is 5.02. The quantitative estimate of drug-likeness (QED) is 0.623. The lowest BCUT2D eigenvalue weighted by atomic mass is 10.1. The van der Waals surface area contributed by atoms with Crippen molar-refractivity contribution in [2.24, 2.45) is 0 Å². The molecule has 0 amide bonds. The summed E-state index contributed by atoms with van der Waals surface area (Å²) < 4.78 is 39.3. The van der Waals surface area contributed by atoms with Crippen molar-refractivity contribution in [1.29, 1.82) is 0 Å². The van der Waals surface area contributed by atoms with Gasteiger partial charge in [0.25, 0.3) is 10.0 Å². The van der Waals surface area contributed by atoms with Crippen LogP contribution in [0.15, 0.2) is 35.2 Å². The number of anilines is 2. The van der Waals surface area contributed by atoms with Gasteiger partial charge in [-0.05, 0) is 63.3 Å². The van der Waals surface area contributed by atoms with E-state index >= 15 is 0 Å². The molecule has 2 aromatic rings. The molecule has 0 aliphatic carbocycles. The number of halogens is 2. The van der Waals surface area contributed by atoms with Crippen LogP contribution in [0.2, 0.25) is 10.0 Å². The fraction of sp³-hybridized carbons (Fsp3) is 0.400.